The number of carbonyl (C=O) groups is 2. The molecule has 20 heavy (non-hydrogen) atoms. The molecule has 2 aromatic heterocycles. The third-order valence-corrected chi connectivity index (χ3v) is 3.92. The van der Waals surface area contributed by atoms with E-state index in [1.807, 2.05) is 13.8 Å². The topological polar surface area (TPSA) is 105 Å². The third-order valence-electron chi connectivity index (χ3n) is 2.37. The zero-order valence-electron chi connectivity index (χ0n) is 10.8. The van der Waals surface area contributed by atoms with Crippen molar-refractivity contribution < 1.29 is 14.7 Å². The highest BCUT2D eigenvalue weighted by Crippen LogP contribution is 2.22. The molecule has 9 heteroatoms. The van der Waals surface area contributed by atoms with Gasteiger partial charge in [-0.2, -0.15) is 0 Å². The predicted octanol–water partition coefficient (Wildman–Crippen LogP) is 2.00. The van der Waals surface area contributed by atoms with E-state index in [4.69, 9.17) is 5.11 Å². The first-order valence-corrected chi connectivity index (χ1v) is 7.42. The number of amides is 1. The number of aliphatic carboxylic acids is 1. The first kappa shape index (κ1) is 14.5. The summed E-state index contributed by atoms with van der Waals surface area (Å²) in [5.74, 6) is -1.17. The van der Waals surface area contributed by atoms with Crippen molar-refractivity contribution in [1.29, 1.82) is 0 Å². The highest BCUT2D eigenvalue weighted by molar-refractivity contribution is 7.14. The van der Waals surface area contributed by atoms with Crippen molar-refractivity contribution in [3.05, 3.63) is 21.6 Å². The summed E-state index contributed by atoms with van der Waals surface area (Å²) in [6.45, 7) is 3.86. The van der Waals surface area contributed by atoms with Gasteiger partial charge in [-0.25, -0.2) is 4.98 Å². The standard InChI is InChI=1S/C11H12N4O3S2/c1-5(2)8-9(20-15-14-8)10(18)13-11-12-6(4-19-11)3-7(16)17/h4-5H,3H2,1-2H3,(H,16,17)(H,12,13,18). The summed E-state index contributed by atoms with van der Waals surface area (Å²) in [6, 6.07) is 0. The van der Waals surface area contributed by atoms with Crippen molar-refractivity contribution in [3.8, 4) is 0 Å². The van der Waals surface area contributed by atoms with Crippen molar-refractivity contribution in [2.45, 2.75) is 26.2 Å². The van der Waals surface area contributed by atoms with Gasteiger partial charge < -0.3 is 5.11 Å². The number of carboxylic acid groups (broad SMARTS) is 1. The Kier molecular flexibility index (Phi) is 4.40. The second-order valence-electron chi connectivity index (χ2n) is 4.31. The van der Waals surface area contributed by atoms with Crippen LogP contribution >= 0.6 is 22.9 Å². The molecule has 106 valence electrons. The van der Waals surface area contributed by atoms with Crippen molar-refractivity contribution >= 4 is 39.9 Å². The summed E-state index contributed by atoms with van der Waals surface area (Å²) in [4.78, 5) is 27.2. The average molecular weight is 312 g/mol. The molecule has 0 atom stereocenters. The van der Waals surface area contributed by atoms with Crippen LogP contribution in [0.1, 0.15) is 40.8 Å². The maximum Gasteiger partial charge on any atom is 0.309 e. The molecule has 2 heterocycles. The number of nitrogens with zero attached hydrogens (tertiary/aromatic N) is 3. The first-order chi connectivity index (χ1) is 9.47. The summed E-state index contributed by atoms with van der Waals surface area (Å²) in [5.41, 5.74) is 1.07. The Labute approximate surface area is 122 Å². The van der Waals surface area contributed by atoms with E-state index in [0.717, 1.165) is 11.5 Å². The molecular formula is C11H12N4O3S2. The first-order valence-electron chi connectivity index (χ1n) is 5.77. The van der Waals surface area contributed by atoms with E-state index in [1.165, 1.54) is 11.3 Å². The van der Waals surface area contributed by atoms with Crippen LogP contribution in [0.3, 0.4) is 0 Å². The zero-order chi connectivity index (χ0) is 14.7. The summed E-state index contributed by atoms with van der Waals surface area (Å²) >= 11 is 2.22. The molecule has 0 bridgehead atoms. The molecule has 0 unspecified atom stereocenters. The number of anilines is 1. The molecule has 0 saturated carbocycles. The molecule has 2 aromatic rings. The molecule has 7 nitrogen and oxygen atoms in total. The highest BCUT2D eigenvalue weighted by Gasteiger charge is 2.19. The number of nitrogens with one attached hydrogen (secondary N) is 1. The lowest BCUT2D eigenvalue weighted by molar-refractivity contribution is -0.136. The second kappa shape index (κ2) is 6.06. The minimum atomic E-state index is -0.957. The molecule has 0 fully saturated rings. The van der Waals surface area contributed by atoms with Gasteiger partial charge in [0.1, 0.15) is 4.88 Å². The van der Waals surface area contributed by atoms with Crippen molar-refractivity contribution in [2.75, 3.05) is 5.32 Å². The van der Waals surface area contributed by atoms with E-state index in [1.54, 1.807) is 5.38 Å². The van der Waals surface area contributed by atoms with Gasteiger partial charge in [0, 0.05) is 5.38 Å². The largest absolute Gasteiger partial charge is 0.481 e. The molecule has 0 radical (unpaired) electrons. The fourth-order valence-electron chi connectivity index (χ4n) is 1.49. The molecule has 2 N–H and O–H groups in total. The minimum absolute atomic E-state index is 0.105. The molecular weight excluding hydrogens is 300 g/mol. The smallest absolute Gasteiger partial charge is 0.309 e. The average Bonchev–Trinajstić information content (AvgIpc) is 2.96. The summed E-state index contributed by atoms with van der Waals surface area (Å²) in [5, 5.41) is 17.2. The quantitative estimate of drug-likeness (QED) is 0.874. The monoisotopic (exact) mass is 312 g/mol. The molecule has 0 saturated heterocycles. The molecule has 0 aliphatic rings. The lowest BCUT2D eigenvalue weighted by atomic mass is 10.1. The van der Waals surface area contributed by atoms with E-state index < -0.39 is 5.97 Å². The van der Waals surface area contributed by atoms with Gasteiger partial charge in [0.15, 0.2) is 5.13 Å². The summed E-state index contributed by atoms with van der Waals surface area (Å²) < 4.78 is 3.79. The van der Waals surface area contributed by atoms with Gasteiger partial charge in [-0.3, -0.25) is 14.9 Å². The van der Waals surface area contributed by atoms with Crippen LogP contribution < -0.4 is 5.32 Å². The van der Waals surface area contributed by atoms with Gasteiger partial charge in [0.2, 0.25) is 0 Å². The molecule has 0 aromatic carbocycles. The number of thiazole rings is 1. The van der Waals surface area contributed by atoms with Gasteiger partial charge in [0.05, 0.1) is 17.8 Å². The van der Waals surface area contributed by atoms with E-state index in [2.05, 4.69) is 19.9 Å². The lowest BCUT2D eigenvalue weighted by Crippen LogP contribution is -2.13. The van der Waals surface area contributed by atoms with Crippen LogP contribution in [0, 0.1) is 0 Å². The van der Waals surface area contributed by atoms with Crippen LogP contribution in [0.15, 0.2) is 5.38 Å². The number of hydrogen-bond acceptors (Lipinski definition) is 7. The second-order valence-corrected chi connectivity index (χ2v) is 5.92. The molecule has 0 aliphatic carbocycles. The van der Waals surface area contributed by atoms with Crippen LogP contribution in [0.25, 0.3) is 0 Å². The molecule has 0 spiro atoms. The minimum Gasteiger partial charge on any atom is -0.481 e. The van der Waals surface area contributed by atoms with Crippen LogP contribution in [-0.2, 0) is 11.2 Å². The fourth-order valence-corrected chi connectivity index (χ4v) is 2.91. The molecule has 1 amide bonds. The normalized spacial score (nSPS) is 10.8. The third kappa shape index (κ3) is 3.36. The molecule has 2 rings (SSSR count). The Morgan fingerprint density at radius 1 is 1.45 bits per heavy atom. The number of aromatic nitrogens is 3. The summed E-state index contributed by atoms with van der Waals surface area (Å²) in [7, 11) is 0. The number of rotatable bonds is 5. The fraction of sp³-hybridized carbons (Fsp3) is 0.364. The zero-order valence-corrected chi connectivity index (χ0v) is 12.4. The Hall–Kier alpha value is -1.87. The van der Waals surface area contributed by atoms with E-state index in [9.17, 15) is 9.59 Å². The van der Waals surface area contributed by atoms with Crippen molar-refractivity contribution in [3.63, 3.8) is 0 Å². The van der Waals surface area contributed by atoms with Gasteiger partial charge in [-0.15, -0.1) is 16.4 Å². The Morgan fingerprint density at radius 2 is 2.20 bits per heavy atom. The maximum atomic E-state index is 12.1. The Balaban J connectivity index is 2.09. The Bertz CT molecular complexity index is 635. The van der Waals surface area contributed by atoms with E-state index >= 15 is 0 Å². The number of carbonyl (C=O) groups excluding carboxylic acids is 1. The van der Waals surface area contributed by atoms with Crippen LogP contribution in [-0.4, -0.2) is 31.6 Å². The van der Waals surface area contributed by atoms with Crippen molar-refractivity contribution in [2.24, 2.45) is 0 Å². The van der Waals surface area contributed by atoms with E-state index in [-0.39, 0.29) is 18.2 Å². The Morgan fingerprint density at radius 3 is 2.85 bits per heavy atom. The van der Waals surface area contributed by atoms with Crippen LogP contribution in [0.5, 0.6) is 0 Å². The van der Waals surface area contributed by atoms with Gasteiger partial charge >= 0.3 is 5.97 Å². The van der Waals surface area contributed by atoms with Crippen molar-refractivity contribution in [1.82, 2.24) is 14.6 Å². The van der Waals surface area contributed by atoms with Gasteiger partial charge in [-0.05, 0) is 17.5 Å². The van der Waals surface area contributed by atoms with Gasteiger partial charge in [0.25, 0.3) is 5.91 Å². The van der Waals surface area contributed by atoms with E-state index in [0.29, 0.717) is 21.4 Å². The van der Waals surface area contributed by atoms with Crippen LogP contribution in [0.4, 0.5) is 5.13 Å². The summed E-state index contributed by atoms with van der Waals surface area (Å²) in [6.07, 6.45) is -0.161. The van der Waals surface area contributed by atoms with Crippen LogP contribution in [0.2, 0.25) is 0 Å². The van der Waals surface area contributed by atoms with Gasteiger partial charge in [-0.1, -0.05) is 18.3 Å². The number of hydrogen-bond donors (Lipinski definition) is 2. The highest BCUT2D eigenvalue weighted by atomic mass is 32.1. The SMILES string of the molecule is CC(C)c1nnsc1C(=O)Nc1nc(CC(=O)O)cs1. The number of carboxylic acids is 1. The maximum absolute atomic E-state index is 12.1. The predicted molar refractivity (Wildman–Crippen MR) is 75.4 cm³/mol. The lowest BCUT2D eigenvalue weighted by Gasteiger charge is -2.03. The molecule has 0 aliphatic heterocycles.